The van der Waals surface area contributed by atoms with Gasteiger partial charge in [-0.2, -0.15) is 4.31 Å². The molecule has 1 aromatic heterocycles. The van der Waals surface area contributed by atoms with Gasteiger partial charge < -0.3 is 5.11 Å². The zero-order chi connectivity index (χ0) is 13.3. The molecule has 0 unspecified atom stereocenters. The van der Waals surface area contributed by atoms with Crippen LogP contribution in [0.5, 0.6) is 0 Å². The van der Waals surface area contributed by atoms with E-state index in [-0.39, 0.29) is 24.6 Å². The van der Waals surface area contributed by atoms with Gasteiger partial charge in [0.1, 0.15) is 4.90 Å². The van der Waals surface area contributed by atoms with Gasteiger partial charge >= 0.3 is 0 Å². The highest BCUT2D eigenvalue weighted by molar-refractivity contribution is 7.89. The molecule has 1 N–H and O–H groups in total. The van der Waals surface area contributed by atoms with E-state index in [1.54, 1.807) is 12.3 Å². The fourth-order valence-corrected chi connectivity index (χ4v) is 6.27. The second-order valence-electron chi connectivity index (χ2n) is 4.08. The van der Waals surface area contributed by atoms with E-state index in [9.17, 15) is 17.7 Å². The molecule has 0 atom stereocenters. The van der Waals surface area contributed by atoms with Crippen molar-refractivity contribution < 1.29 is 17.7 Å². The first-order valence-corrected chi connectivity index (χ1v) is 9.30. The Bertz CT molecular complexity index is 554. The quantitative estimate of drug-likeness (QED) is 0.871. The lowest BCUT2D eigenvalue weighted by molar-refractivity contribution is 0.282. The molecule has 2 heterocycles. The first kappa shape index (κ1) is 14.1. The number of hydrogen-bond acceptors (Lipinski definition) is 5. The van der Waals surface area contributed by atoms with E-state index in [0.29, 0.717) is 21.9 Å². The second-order valence-corrected chi connectivity index (χ2v) is 8.62. The number of sulfonamides is 1. The molecule has 0 amide bonds. The van der Waals surface area contributed by atoms with Crippen LogP contribution in [0.15, 0.2) is 10.3 Å². The van der Waals surface area contributed by atoms with Crippen LogP contribution >= 0.6 is 11.3 Å². The lowest BCUT2D eigenvalue weighted by Crippen LogP contribution is -2.42. The third-order valence-corrected chi connectivity index (χ3v) is 7.49. The minimum atomic E-state index is -3.57. The lowest BCUT2D eigenvalue weighted by atomic mass is 10.3. The minimum Gasteiger partial charge on any atom is -0.391 e. The highest BCUT2D eigenvalue weighted by Crippen LogP contribution is 2.29. The van der Waals surface area contributed by atoms with Gasteiger partial charge in [-0.15, -0.1) is 11.3 Å². The molecule has 1 aliphatic heterocycles. The normalized spacial score (nSPS) is 19.2. The Balaban J connectivity index is 2.36. The third kappa shape index (κ3) is 2.53. The van der Waals surface area contributed by atoms with Gasteiger partial charge in [0, 0.05) is 35.4 Å². The molecule has 0 aliphatic carbocycles. The molecule has 0 bridgehead atoms. The number of aliphatic hydroxyl groups excluding tert-OH is 1. The average molecular weight is 309 g/mol. The topological polar surface area (TPSA) is 74.7 Å². The molecule has 8 heteroatoms. The van der Waals surface area contributed by atoms with Crippen molar-refractivity contribution in [2.24, 2.45) is 0 Å². The van der Waals surface area contributed by atoms with Crippen LogP contribution < -0.4 is 0 Å². The van der Waals surface area contributed by atoms with Crippen molar-refractivity contribution in [3.8, 4) is 0 Å². The van der Waals surface area contributed by atoms with Crippen LogP contribution in [0.25, 0.3) is 0 Å². The summed E-state index contributed by atoms with van der Waals surface area (Å²) in [5, 5.41) is 11.0. The molecule has 2 rings (SSSR count). The van der Waals surface area contributed by atoms with Crippen LogP contribution in [0.1, 0.15) is 10.4 Å². The fraction of sp³-hybridized carbons (Fsp3) is 0.600. The van der Waals surface area contributed by atoms with Gasteiger partial charge in [0.05, 0.1) is 11.5 Å². The van der Waals surface area contributed by atoms with Crippen molar-refractivity contribution in [1.82, 2.24) is 4.31 Å². The molecule has 0 aromatic carbocycles. The number of rotatable bonds is 3. The highest BCUT2D eigenvalue weighted by atomic mass is 32.2. The van der Waals surface area contributed by atoms with Crippen LogP contribution in [0.4, 0.5) is 0 Å². The maximum atomic E-state index is 12.5. The van der Waals surface area contributed by atoms with Gasteiger partial charge in [0.15, 0.2) is 0 Å². The van der Waals surface area contributed by atoms with E-state index in [4.69, 9.17) is 0 Å². The lowest BCUT2D eigenvalue weighted by Gasteiger charge is -2.26. The second kappa shape index (κ2) is 5.38. The van der Waals surface area contributed by atoms with Crippen molar-refractivity contribution in [3.63, 3.8) is 0 Å². The molecule has 1 aromatic rings. The summed E-state index contributed by atoms with van der Waals surface area (Å²) in [7, 11) is -4.47. The summed E-state index contributed by atoms with van der Waals surface area (Å²) in [6.07, 6.45) is 0. The Kier molecular flexibility index (Phi) is 4.22. The number of hydrogen-bond donors (Lipinski definition) is 1. The fourth-order valence-electron chi connectivity index (χ4n) is 1.93. The van der Waals surface area contributed by atoms with E-state index in [1.165, 1.54) is 15.6 Å². The summed E-state index contributed by atoms with van der Waals surface area (Å²) in [6, 6.07) is 0. The standard InChI is InChI=1S/C10H15NO4S3/c1-8-7-16-9(6-12)10(8)18(14,15)11-2-4-17(13)5-3-11/h7,12H,2-6H2,1H3. The van der Waals surface area contributed by atoms with Crippen molar-refractivity contribution in [1.29, 1.82) is 0 Å². The molecule has 1 fully saturated rings. The zero-order valence-corrected chi connectivity index (χ0v) is 12.4. The Hall–Kier alpha value is -0.280. The molecule has 0 saturated carbocycles. The Morgan fingerprint density at radius 1 is 1.44 bits per heavy atom. The van der Waals surface area contributed by atoms with Crippen LogP contribution in [0.2, 0.25) is 0 Å². The Morgan fingerprint density at radius 3 is 2.61 bits per heavy atom. The number of aliphatic hydroxyl groups is 1. The van der Waals surface area contributed by atoms with Crippen LogP contribution in [-0.2, 0) is 27.4 Å². The first-order valence-electron chi connectivity index (χ1n) is 5.49. The van der Waals surface area contributed by atoms with Crippen LogP contribution in [0.3, 0.4) is 0 Å². The molecule has 1 saturated heterocycles. The van der Waals surface area contributed by atoms with Crippen molar-refractivity contribution in [3.05, 3.63) is 15.8 Å². The summed E-state index contributed by atoms with van der Waals surface area (Å²) >= 11 is 1.25. The monoisotopic (exact) mass is 309 g/mol. The molecular weight excluding hydrogens is 294 g/mol. The predicted molar refractivity (Wildman–Crippen MR) is 71.6 cm³/mol. The van der Waals surface area contributed by atoms with Crippen molar-refractivity contribution in [2.45, 2.75) is 18.4 Å². The van der Waals surface area contributed by atoms with E-state index in [2.05, 4.69) is 0 Å². The maximum absolute atomic E-state index is 12.5. The molecule has 5 nitrogen and oxygen atoms in total. The van der Waals surface area contributed by atoms with Gasteiger partial charge in [-0.05, 0) is 17.9 Å². The summed E-state index contributed by atoms with van der Waals surface area (Å²) < 4.78 is 37.6. The van der Waals surface area contributed by atoms with Crippen LogP contribution in [-0.4, -0.2) is 46.6 Å². The van der Waals surface area contributed by atoms with Crippen molar-refractivity contribution in [2.75, 3.05) is 24.6 Å². The molecular formula is C10H15NO4S3. The van der Waals surface area contributed by atoms with Gasteiger partial charge in [-0.3, -0.25) is 4.21 Å². The van der Waals surface area contributed by atoms with Crippen LogP contribution in [0, 0.1) is 6.92 Å². The Morgan fingerprint density at radius 2 is 2.06 bits per heavy atom. The molecule has 18 heavy (non-hydrogen) atoms. The smallest absolute Gasteiger partial charge is 0.244 e. The Labute approximate surface area is 113 Å². The molecule has 0 spiro atoms. The van der Waals surface area contributed by atoms with Gasteiger partial charge in [0.2, 0.25) is 10.0 Å². The molecule has 0 radical (unpaired) electrons. The van der Waals surface area contributed by atoms with Gasteiger partial charge in [-0.25, -0.2) is 8.42 Å². The van der Waals surface area contributed by atoms with E-state index in [0.717, 1.165) is 0 Å². The SMILES string of the molecule is Cc1csc(CO)c1S(=O)(=O)N1CCS(=O)CC1. The van der Waals surface area contributed by atoms with Crippen molar-refractivity contribution >= 4 is 32.2 Å². The summed E-state index contributed by atoms with van der Waals surface area (Å²) in [5.74, 6) is 0.772. The maximum Gasteiger partial charge on any atom is 0.244 e. The first-order chi connectivity index (χ1) is 8.46. The number of aryl methyl sites for hydroxylation is 1. The molecule has 1 aliphatic rings. The molecule has 102 valence electrons. The largest absolute Gasteiger partial charge is 0.391 e. The van der Waals surface area contributed by atoms with E-state index < -0.39 is 20.8 Å². The third-order valence-electron chi connectivity index (χ3n) is 2.87. The highest BCUT2D eigenvalue weighted by Gasteiger charge is 2.31. The summed E-state index contributed by atoms with van der Waals surface area (Å²) in [5.41, 5.74) is 0.663. The van der Waals surface area contributed by atoms with E-state index in [1.807, 2.05) is 0 Å². The zero-order valence-electron chi connectivity index (χ0n) is 9.96. The predicted octanol–water partition coefficient (Wildman–Crippen LogP) is 0.302. The summed E-state index contributed by atoms with van der Waals surface area (Å²) in [6.45, 7) is 2.03. The van der Waals surface area contributed by atoms with Gasteiger partial charge in [-0.1, -0.05) is 0 Å². The summed E-state index contributed by atoms with van der Waals surface area (Å²) in [4.78, 5) is 0.696. The average Bonchev–Trinajstić information content (AvgIpc) is 2.71. The minimum absolute atomic E-state index is 0.225. The van der Waals surface area contributed by atoms with E-state index >= 15 is 0 Å². The van der Waals surface area contributed by atoms with Gasteiger partial charge in [0.25, 0.3) is 0 Å². The number of thiophene rings is 1. The number of nitrogens with zero attached hydrogens (tertiary/aromatic N) is 1.